The molecule has 0 bridgehead atoms. The summed E-state index contributed by atoms with van der Waals surface area (Å²) in [5.41, 5.74) is 4.19. The summed E-state index contributed by atoms with van der Waals surface area (Å²) in [6, 6.07) is 7.34. The van der Waals surface area contributed by atoms with E-state index in [1.165, 1.54) is 16.7 Å². The van der Waals surface area contributed by atoms with E-state index >= 15 is 0 Å². The first-order valence-electron chi connectivity index (χ1n) is 6.85. The van der Waals surface area contributed by atoms with Crippen molar-refractivity contribution in [3.63, 3.8) is 0 Å². The molecule has 1 aromatic carbocycles. The molecule has 1 fully saturated rings. The van der Waals surface area contributed by atoms with Crippen molar-refractivity contribution in [2.75, 3.05) is 26.2 Å². The molecule has 4 heteroatoms. The average Bonchev–Trinajstić information content (AvgIpc) is 2.40. The van der Waals surface area contributed by atoms with E-state index in [4.69, 9.17) is 0 Å². The molecule has 2 nitrogen and oxygen atoms in total. The molecule has 1 N–H and O–H groups in total. The molecule has 0 radical (unpaired) electrons. The topological polar surface area (TPSA) is 15.3 Å². The zero-order chi connectivity index (χ0) is 13.0. The Kier molecular flexibility index (Phi) is 9.15. The van der Waals surface area contributed by atoms with Gasteiger partial charge in [-0.25, -0.2) is 0 Å². The molecule has 1 aliphatic heterocycles. The summed E-state index contributed by atoms with van der Waals surface area (Å²) >= 11 is 0. The van der Waals surface area contributed by atoms with Crippen molar-refractivity contribution in [3.8, 4) is 0 Å². The van der Waals surface area contributed by atoms with Crippen LogP contribution in [0.3, 0.4) is 0 Å². The van der Waals surface area contributed by atoms with E-state index in [1.807, 2.05) is 6.08 Å². The highest BCUT2D eigenvalue weighted by molar-refractivity contribution is 5.85. The van der Waals surface area contributed by atoms with Crippen molar-refractivity contribution in [2.24, 2.45) is 0 Å². The van der Waals surface area contributed by atoms with Gasteiger partial charge in [0.15, 0.2) is 0 Å². The van der Waals surface area contributed by atoms with Crippen LogP contribution in [-0.4, -0.2) is 31.1 Å². The predicted octanol–water partition coefficient (Wildman–Crippen LogP) is 3.67. The van der Waals surface area contributed by atoms with Gasteiger partial charge in [0.05, 0.1) is 0 Å². The SMILES string of the molecule is C=CC[C@H](c1ccc(C)c(C)c1)N1CCNCC1.Cl.Cl. The van der Waals surface area contributed by atoms with Crippen molar-refractivity contribution < 1.29 is 0 Å². The van der Waals surface area contributed by atoms with Crippen LogP contribution in [0.2, 0.25) is 0 Å². The van der Waals surface area contributed by atoms with Crippen LogP contribution < -0.4 is 5.32 Å². The normalized spacial score (nSPS) is 16.7. The van der Waals surface area contributed by atoms with Crippen LogP contribution in [0.25, 0.3) is 0 Å². The van der Waals surface area contributed by atoms with E-state index in [-0.39, 0.29) is 24.8 Å². The largest absolute Gasteiger partial charge is 0.314 e. The maximum absolute atomic E-state index is 3.92. The molecule has 0 amide bonds. The van der Waals surface area contributed by atoms with Gasteiger partial charge < -0.3 is 5.32 Å². The summed E-state index contributed by atoms with van der Waals surface area (Å²) in [6.45, 7) is 12.7. The lowest BCUT2D eigenvalue weighted by molar-refractivity contribution is 0.174. The fraction of sp³-hybridized carbons (Fsp3) is 0.500. The minimum atomic E-state index is 0. The van der Waals surface area contributed by atoms with E-state index in [9.17, 15) is 0 Å². The summed E-state index contributed by atoms with van der Waals surface area (Å²) < 4.78 is 0. The number of nitrogens with zero attached hydrogens (tertiary/aromatic N) is 1. The highest BCUT2D eigenvalue weighted by Crippen LogP contribution is 2.26. The molecular weight excluding hydrogens is 291 g/mol. The molecule has 20 heavy (non-hydrogen) atoms. The Hall–Kier alpha value is -0.540. The Morgan fingerprint density at radius 2 is 1.85 bits per heavy atom. The first-order chi connectivity index (χ1) is 8.72. The quantitative estimate of drug-likeness (QED) is 0.853. The maximum atomic E-state index is 3.92. The number of hydrogen-bond acceptors (Lipinski definition) is 2. The fourth-order valence-electron chi connectivity index (χ4n) is 2.62. The molecule has 1 saturated heterocycles. The monoisotopic (exact) mass is 316 g/mol. The molecule has 0 unspecified atom stereocenters. The van der Waals surface area contributed by atoms with Gasteiger partial charge in [-0.05, 0) is 37.0 Å². The van der Waals surface area contributed by atoms with Crippen molar-refractivity contribution in [2.45, 2.75) is 26.3 Å². The number of nitrogens with one attached hydrogen (secondary N) is 1. The second kappa shape index (κ2) is 9.41. The van der Waals surface area contributed by atoms with Gasteiger partial charge in [0, 0.05) is 32.2 Å². The van der Waals surface area contributed by atoms with Gasteiger partial charge in [-0.2, -0.15) is 0 Å². The summed E-state index contributed by atoms with van der Waals surface area (Å²) in [7, 11) is 0. The molecule has 114 valence electrons. The molecule has 0 saturated carbocycles. The van der Waals surface area contributed by atoms with Gasteiger partial charge in [0.1, 0.15) is 0 Å². The predicted molar refractivity (Wildman–Crippen MR) is 92.4 cm³/mol. The van der Waals surface area contributed by atoms with Gasteiger partial charge in [-0.15, -0.1) is 31.4 Å². The van der Waals surface area contributed by atoms with Crippen LogP contribution in [0.15, 0.2) is 30.9 Å². The van der Waals surface area contributed by atoms with Crippen molar-refractivity contribution in [3.05, 3.63) is 47.5 Å². The molecule has 1 heterocycles. The van der Waals surface area contributed by atoms with Crippen LogP contribution in [0.1, 0.15) is 29.2 Å². The summed E-state index contributed by atoms with van der Waals surface area (Å²) in [4.78, 5) is 2.57. The molecule has 2 rings (SSSR count). The minimum absolute atomic E-state index is 0. The summed E-state index contributed by atoms with van der Waals surface area (Å²) in [5.74, 6) is 0. The van der Waals surface area contributed by atoms with E-state index in [0.29, 0.717) is 6.04 Å². The molecule has 1 atom stereocenters. The fourth-order valence-corrected chi connectivity index (χ4v) is 2.62. The van der Waals surface area contributed by atoms with Crippen LogP contribution in [0, 0.1) is 13.8 Å². The number of hydrogen-bond donors (Lipinski definition) is 1. The Balaban J connectivity index is 0.00000180. The zero-order valence-corrected chi connectivity index (χ0v) is 14.0. The molecule has 1 aliphatic rings. The highest BCUT2D eigenvalue weighted by Gasteiger charge is 2.21. The number of benzene rings is 1. The third-order valence-electron chi connectivity index (χ3n) is 3.90. The second-order valence-corrected chi connectivity index (χ2v) is 5.17. The van der Waals surface area contributed by atoms with Gasteiger partial charge >= 0.3 is 0 Å². The third-order valence-corrected chi connectivity index (χ3v) is 3.90. The zero-order valence-electron chi connectivity index (χ0n) is 12.4. The van der Waals surface area contributed by atoms with E-state index in [2.05, 4.69) is 48.8 Å². The second-order valence-electron chi connectivity index (χ2n) is 5.17. The highest BCUT2D eigenvalue weighted by atomic mass is 35.5. The van der Waals surface area contributed by atoms with Crippen LogP contribution in [0.4, 0.5) is 0 Å². The van der Waals surface area contributed by atoms with E-state index in [1.54, 1.807) is 0 Å². The third kappa shape index (κ3) is 4.78. The molecule has 0 spiro atoms. The van der Waals surface area contributed by atoms with Crippen molar-refractivity contribution in [1.29, 1.82) is 0 Å². The Morgan fingerprint density at radius 1 is 1.20 bits per heavy atom. The van der Waals surface area contributed by atoms with Gasteiger partial charge in [-0.1, -0.05) is 24.3 Å². The molecule has 1 aromatic rings. The number of rotatable bonds is 4. The van der Waals surface area contributed by atoms with Crippen LogP contribution in [0.5, 0.6) is 0 Å². The summed E-state index contributed by atoms with van der Waals surface area (Å²) in [6.07, 6.45) is 3.07. The number of halogens is 2. The van der Waals surface area contributed by atoms with Crippen LogP contribution >= 0.6 is 24.8 Å². The summed E-state index contributed by atoms with van der Waals surface area (Å²) in [5, 5.41) is 3.42. The van der Waals surface area contributed by atoms with E-state index < -0.39 is 0 Å². The average molecular weight is 317 g/mol. The molecular formula is C16H26Cl2N2. The standard InChI is InChI=1S/C16H24N2.2ClH/c1-4-5-16(18-10-8-17-9-11-18)15-7-6-13(2)14(3)12-15;;/h4,6-7,12,16-17H,1,5,8-11H2,2-3H3;2*1H/t16-;;/m1../s1. The first-order valence-corrected chi connectivity index (χ1v) is 6.85. The Morgan fingerprint density at radius 3 is 2.40 bits per heavy atom. The van der Waals surface area contributed by atoms with Gasteiger partial charge in [0.2, 0.25) is 0 Å². The molecule has 0 aliphatic carbocycles. The van der Waals surface area contributed by atoms with Crippen LogP contribution in [-0.2, 0) is 0 Å². The van der Waals surface area contributed by atoms with Gasteiger partial charge in [0.25, 0.3) is 0 Å². The number of aryl methyl sites for hydroxylation is 2. The van der Waals surface area contributed by atoms with E-state index in [0.717, 1.165) is 32.6 Å². The molecule has 0 aromatic heterocycles. The first kappa shape index (κ1) is 19.5. The van der Waals surface area contributed by atoms with Gasteiger partial charge in [-0.3, -0.25) is 4.90 Å². The minimum Gasteiger partial charge on any atom is -0.314 e. The maximum Gasteiger partial charge on any atom is 0.0383 e. The number of piperazine rings is 1. The Bertz CT molecular complexity index is 415. The van der Waals surface area contributed by atoms with Crippen molar-refractivity contribution in [1.82, 2.24) is 10.2 Å². The van der Waals surface area contributed by atoms with Crippen molar-refractivity contribution >= 4 is 24.8 Å². The lowest BCUT2D eigenvalue weighted by Crippen LogP contribution is -2.45. The Labute approximate surface area is 135 Å². The lowest BCUT2D eigenvalue weighted by Gasteiger charge is -2.35. The lowest BCUT2D eigenvalue weighted by atomic mass is 9.97. The smallest absolute Gasteiger partial charge is 0.0383 e.